The second-order valence-electron chi connectivity index (χ2n) is 4.19. The zero-order valence-electron chi connectivity index (χ0n) is 9.53. The number of alkyl halides is 1. The highest BCUT2D eigenvalue weighted by atomic mass is 19.2. The summed E-state index contributed by atoms with van der Waals surface area (Å²) >= 11 is 0. The Morgan fingerprint density at radius 2 is 2.00 bits per heavy atom. The van der Waals surface area contributed by atoms with Crippen molar-refractivity contribution in [2.75, 3.05) is 0 Å². The van der Waals surface area contributed by atoms with Crippen LogP contribution < -0.4 is 5.32 Å². The molecule has 1 N–H and O–H groups in total. The molecule has 0 aromatic heterocycles. The van der Waals surface area contributed by atoms with Crippen LogP contribution in [0.2, 0.25) is 0 Å². The Morgan fingerprint density at radius 3 is 2.58 bits per heavy atom. The van der Waals surface area contributed by atoms with Crippen LogP contribution >= 0.6 is 0 Å². The molecule has 2 rings (SSSR count). The Labute approximate surface area is 105 Å². The molecule has 1 aromatic rings. The minimum absolute atomic E-state index is 0.0461. The molecule has 0 saturated carbocycles. The van der Waals surface area contributed by atoms with E-state index in [0.29, 0.717) is 6.07 Å². The molecular weight excluding hydrogens is 265 g/mol. The summed E-state index contributed by atoms with van der Waals surface area (Å²) in [7, 11) is 0. The molecule has 8 heteroatoms. The molecule has 19 heavy (non-hydrogen) atoms. The highest BCUT2D eigenvalue weighted by Gasteiger charge is 2.31. The van der Waals surface area contributed by atoms with Crippen molar-refractivity contribution in [2.24, 2.45) is 0 Å². The summed E-state index contributed by atoms with van der Waals surface area (Å²) < 4.78 is 39.8. The van der Waals surface area contributed by atoms with Gasteiger partial charge in [-0.3, -0.25) is 14.9 Å². The number of hydrogen-bond donors (Lipinski definition) is 1. The normalized spacial score (nSPS) is 23.0. The third-order valence-corrected chi connectivity index (χ3v) is 2.94. The maximum atomic E-state index is 13.6. The first kappa shape index (κ1) is 13.3. The number of halogens is 3. The number of non-ortho nitro benzene ring substituents is 1. The molecule has 2 atom stereocenters. The van der Waals surface area contributed by atoms with Crippen LogP contribution in [0.3, 0.4) is 0 Å². The molecule has 102 valence electrons. The minimum atomic E-state index is -1.69. The van der Waals surface area contributed by atoms with Gasteiger partial charge in [0.05, 0.1) is 17.0 Å². The second kappa shape index (κ2) is 4.87. The molecule has 1 fully saturated rings. The second-order valence-corrected chi connectivity index (χ2v) is 4.19. The van der Waals surface area contributed by atoms with Gasteiger partial charge in [0.2, 0.25) is 0 Å². The summed E-state index contributed by atoms with van der Waals surface area (Å²) in [6, 6.07) is 0.345. The average molecular weight is 274 g/mol. The van der Waals surface area contributed by atoms with Gasteiger partial charge in [0, 0.05) is 11.6 Å². The van der Waals surface area contributed by atoms with Crippen LogP contribution in [0.1, 0.15) is 24.4 Å². The van der Waals surface area contributed by atoms with Gasteiger partial charge in [0.25, 0.3) is 11.6 Å². The molecule has 2 unspecified atom stereocenters. The Balaban J connectivity index is 2.39. The number of rotatable bonds is 2. The zero-order valence-corrected chi connectivity index (χ0v) is 9.53. The smallest absolute Gasteiger partial charge is 0.272 e. The lowest BCUT2D eigenvalue weighted by Crippen LogP contribution is -2.40. The van der Waals surface area contributed by atoms with E-state index in [1.54, 1.807) is 0 Å². The number of nitrogens with zero attached hydrogens (tertiary/aromatic N) is 1. The number of nitrogens with one attached hydrogen (secondary N) is 1. The van der Waals surface area contributed by atoms with Crippen LogP contribution in [0, 0.1) is 21.7 Å². The molecule has 0 aliphatic carbocycles. The van der Waals surface area contributed by atoms with Crippen LogP contribution in [0.15, 0.2) is 12.1 Å². The molecule has 1 heterocycles. The van der Waals surface area contributed by atoms with Gasteiger partial charge in [-0.25, -0.2) is 13.2 Å². The monoisotopic (exact) mass is 274 g/mol. The van der Waals surface area contributed by atoms with E-state index in [0.717, 1.165) is 6.07 Å². The highest BCUT2D eigenvalue weighted by molar-refractivity contribution is 5.81. The first-order valence-corrected chi connectivity index (χ1v) is 5.48. The Morgan fingerprint density at radius 1 is 1.32 bits per heavy atom. The zero-order chi connectivity index (χ0) is 14.2. The lowest BCUT2D eigenvalue weighted by Gasteiger charge is -2.25. The summed E-state index contributed by atoms with van der Waals surface area (Å²) in [6.07, 6.45) is -1.78. The van der Waals surface area contributed by atoms with Gasteiger partial charge in [-0.15, -0.1) is 0 Å². The predicted octanol–water partition coefficient (Wildman–Crippen LogP) is 2.16. The van der Waals surface area contributed by atoms with E-state index in [2.05, 4.69) is 5.32 Å². The van der Waals surface area contributed by atoms with Crippen molar-refractivity contribution >= 4 is 11.6 Å². The lowest BCUT2D eigenvalue weighted by molar-refractivity contribution is -0.385. The fourth-order valence-corrected chi connectivity index (χ4v) is 1.97. The Hall–Kier alpha value is -2.12. The third kappa shape index (κ3) is 2.51. The molecule has 1 aliphatic heterocycles. The average Bonchev–Trinajstić information content (AvgIpc) is 2.35. The van der Waals surface area contributed by atoms with Gasteiger partial charge in [-0.1, -0.05) is 0 Å². The van der Waals surface area contributed by atoms with Gasteiger partial charge in [0.15, 0.2) is 17.8 Å². The van der Waals surface area contributed by atoms with E-state index in [1.165, 1.54) is 0 Å². The van der Waals surface area contributed by atoms with Crippen LogP contribution in [0.4, 0.5) is 18.9 Å². The van der Waals surface area contributed by atoms with Crippen molar-refractivity contribution in [1.29, 1.82) is 0 Å². The third-order valence-electron chi connectivity index (χ3n) is 2.94. The summed E-state index contributed by atoms with van der Waals surface area (Å²) in [5.74, 6) is -3.57. The number of nitro benzene ring substituents is 1. The van der Waals surface area contributed by atoms with Crippen molar-refractivity contribution in [3.05, 3.63) is 39.4 Å². The predicted molar refractivity (Wildman–Crippen MR) is 58.0 cm³/mol. The van der Waals surface area contributed by atoms with Crippen LogP contribution in [-0.4, -0.2) is 17.0 Å². The number of hydrogen-bond acceptors (Lipinski definition) is 3. The number of benzene rings is 1. The molecule has 0 bridgehead atoms. The molecule has 5 nitrogen and oxygen atoms in total. The first-order valence-electron chi connectivity index (χ1n) is 5.48. The summed E-state index contributed by atoms with van der Waals surface area (Å²) in [5, 5.41) is 12.8. The largest absolute Gasteiger partial charge is 0.347 e. The maximum Gasteiger partial charge on any atom is 0.272 e. The van der Waals surface area contributed by atoms with E-state index in [4.69, 9.17) is 0 Å². The van der Waals surface area contributed by atoms with Crippen molar-refractivity contribution in [2.45, 2.75) is 25.1 Å². The summed E-state index contributed by atoms with van der Waals surface area (Å²) in [4.78, 5) is 20.9. The van der Waals surface area contributed by atoms with E-state index in [9.17, 15) is 28.1 Å². The SMILES string of the molecule is O=C1NC(c2cc([N+](=O)[O-])cc(F)c2F)CCC1F. The van der Waals surface area contributed by atoms with Crippen LogP contribution in [0.25, 0.3) is 0 Å². The highest BCUT2D eigenvalue weighted by Crippen LogP contribution is 2.30. The van der Waals surface area contributed by atoms with E-state index in [1.807, 2.05) is 0 Å². The van der Waals surface area contributed by atoms with E-state index < -0.39 is 40.4 Å². The van der Waals surface area contributed by atoms with Crippen LogP contribution in [0.5, 0.6) is 0 Å². The number of nitro groups is 1. The first-order chi connectivity index (χ1) is 8.90. The Bertz CT molecular complexity index is 550. The van der Waals surface area contributed by atoms with Gasteiger partial charge >= 0.3 is 0 Å². The number of carbonyl (C=O) groups excluding carboxylic acids is 1. The molecule has 1 saturated heterocycles. The van der Waals surface area contributed by atoms with Crippen molar-refractivity contribution < 1.29 is 22.9 Å². The molecule has 1 aliphatic rings. The topological polar surface area (TPSA) is 72.2 Å². The summed E-state index contributed by atoms with van der Waals surface area (Å²) in [6.45, 7) is 0. The van der Waals surface area contributed by atoms with Gasteiger partial charge < -0.3 is 5.32 Å². The number of piperidine rings is 1. The van der Waals surface area contributed by atoms with Gasteiger partial charge in [-0.2, -0.15) is 0 Å². The molecule has 1 aromatic carbocycles. The summed E-state index contributed by atoms with van der Waals surface area (Å²) in [5.41, 5.74) is -0.961. The number of amides is 1. The molecule has 1 amide bonds. The van der Waals surface area contributed by atoms with Crippen molar-refractivity contribution in [3.63, 3.8) is 0 Å². The van der Waals surface area contributed by atoms with Crippen molar-refractivity contribution in [1.82, 2.24) is 5.32 Å². The Kier molecular flexibility index (Phi) is 3.41. The molecular formula is C11H9F3N2O3. The van der Waals surface area contributed by atoms with Gasteiger partial charge in [0.1, 0.15) is 0 Å². The quantitative estimate of drug-likeness (QED) is 0.663. The lowest BCUT2D eigenvalue weighted by atomic mass is 9.95. The van der Waals surface area contributed by atoms with E-state index in [-0.39, 0.29) is 18.4 Å². The van der Waals surface area contributed by atoms with Crippen molar-refractivity contribution in [3.8, 4) is 0 Å². The van der Waals surface area contributed by atoms with Crippen LogP contribution in [-0.2, 0) is 4.79 Å². The standard InChI is InChI=1S/C11H9F3N2O3/c12-7-1-2-9(15-11(7)17)6-3-5(16(18)19)4-8(13)10(6)14/h3-4,7,9H,1-2H2,(H,15,17). The van der Waals surface area contributed by atoms with Gasteiger partial charge in [-0.05, 0) is 12.8 Å². The fraction of sp³-hybridized carbons (Fsp3) is 0.364. The molecule has 0 spiro atoms. The maximum absolute atomic E-state index is 13.6. The van der Waals surface area contributed by atoms with E-state index >= 15 is 0 Å². The fourth-order valence-electron chi connectivity index (χ4n) is 1.97. The number of carbonyl (C=O) groups is 1. The minimum Gasteiger partial charge on any atom is -0.347 e. The molecule has 0 radical (unpaired) electrons.